The highest BCUT2D eigenvalue weighted by molar-refractivity contribution is 5.99. The highest BCUT2D eigenvalue weighted by atomic mass is 19.4. The Labute approximate surface area is 130 Å². The summed E-state index contributed by atoms with van der Waals surface area (Å²) < 4.78 is 76.2. The van der Waals surface area contributed by atoms with Crippen molar-refractivity contribution in [2.45, 2.75) is 12.4 Å². The molecule has 0 aliphatic carbocycles. The third-order valence-corrected chi connectivity index (χ3v) is 2.67. The van der Waals surface area contributed by atoms with E-state index in [0.717, 1.165) is 6.33 Å². The average molecular weight is 350 g/mol. The second-order valence-corrected chi connectivity index (χ2v) is 4.47. The summed E-state index contributed by atoms with van der Waals surface area (Å²) >= 11 is 0. The lowest BCUT2D eigenvalue weighted by Gasteiger charge is -2.15. The van der Waals surface area contributed by atoms with Crippen LogP contribution in [0.5, 0.6) is 0 Å². The van der Waals surface area contributed by atoms with Crippen LogP contribution in [0.2, 0.25) is 0 Å². The monoisotopic (exact) mass is 350 g/mol. The molecule has 24 heavy (non-hydrogen) atoms. The molecule has 0 spiro atoms. The first-order chi connectivity index (χ1) is 11.1. The van der Waals surface area contributed by atoms with Crippen molar-refractivity contribution in [2.75, 3.05) is 10.6 Å². The number of carbonyl (C=O) groups is 1. The van der Waals surface area contributed by atoms with Crippen molar-refractivity contribution >= 4 is 17.5 Å². The van der Waals surface area contributed by atoms with Crippen LogP contribution in [0, 0.1) is 0 Å². The van der Waals surface area contributed by atoms with Gasteiger partial charge in [-0.15, -0.1) is 0 Å². The fraction of sp³-hybridized carbons (Fsp3) is 0.154. The smallest absolute Gasteiger partial charge is 0.308 e. The molecule has 0 saturated carbocycles. The molecule has 0 saturated heterocycles. The van der Waals surface area contributed by atoms with Crippen LogP contribution in [-0.2, 0) is 12.4 Å². The summed E-state index contributed by atoms with van der Waals surface area (Å²) in [5, 5.41) is 4.05. The van der Waals surface area contributed by atoms with Gasteiger partial charge in [-0.05, 0) is 24.3 Å². The summed E-state index contributed by atoms with van der Waals surface area (Å²) in [7, 11) is 0. The van der Waals surface area contributed by atoms with Gasteiger partial charge < -0.3 is 5.32 Å². The molecule has 128 valence electrons. The molecule has 0 fully saturated rings. The van der Waals surface area contributed by atoms with Gasteiger partial charge in [0.1, 0.15) is 12.1 Å². The van der Waals surface area contributed by atoms with Crippen molar-refractivity contribution in [1.82, 2.24) is 9.97 Å². The number of benzene rings is 1. The third kappa shape index (κ3) is 4.57. The molecule has 2 aromatic rings. The van der Waals surface area contributed by atoms with Crippen molar-refractivity contribution in [2.24, 2.45) is 0 Å². The maximum atomic E-state index is 12.7. The lowest BCUT2D eigenvalue weighted by molar-refractivity contribution is -0.143. The minimum atomic E-state index is -5.00. The molecule has 11 heteroatoms. The molecular formula is C13H8F6N4O. The van der Waals surface area contributed by atoms with Crippen LogP contribution >= 0.6 is 0 Å². The fourth-order valence-corrected chi connectivity index (χ4v) is 1.67. The molecule has 0 aliphatic heterocycles. The second kappa shape index (κ2) is 6.34. The Hall–Kier alpha value is -2.85. The van der Waals surface area contributed by atoms with E-state index >= 15 is 0 Å². The fourth-order valence-electron chi connectivity index (χ4n) is 1.67. The standard InChI is InChI=1S/C13H8F6N4O/c14-12(15,16)7-3-8(13(17,18)19)5-9(4-7)22-11(24)23-10-1-2-20-6-21-10/h1-6H,(H2,20,21,22,23,24). The summed E-state index contributed by atoms with van der Waals surface area (Å²) in [5.74, 6) is 0.0190. The number of nitrogens with zero attached hydrogens (tertiary/aromatic N) is 2. The van der Waals surface area contributed by atoms with Gasteiger partial charge in [-0.1, -0.05) is 0 Å². The predicted molar refractivity (Wildman–Crippen MR) is 71.1 cm³/mol. The van der Waals surface area contributed by atoms with Crippen LogP contribution in [0.3, 0.4) is 0 Å². The van der Waals surface area contributed by atoms with Crippen molar-refractivity contribution in [3.8, 4) is 0 Å². The van der Waals surface area contributed by atoms with Gasteiger partial charge in [-0.2, -0.15) is 26.3 Å². The number of hydrogen-bond donors (Lipinski definition) is 2. The highest BCUT2D eigenvalue weighted by Gasteiger charge is 2.37. The Morgan fingerprint density at radius 3 is 1.96 bits per heavy atom. The second-order valence-electron chi connectivity index (χ2n) is 4.47. The van der Waals surface area contributed by atoms with E-state index in [2.05, 4.69) is 15.3 Å². The topological polar surface area (TPSA) is 66.9 Å². The van der Waals surface area contributed by atoms with Gasteiger partial charge in [0.25, 0.3) is 0 Å². The molecule has 5 nitrogen and oxygen atoms in total. The molecule has 1 aromatic carbocycles. The quantitative estimate of drug-likeness (QED) is 0.800. The van der Waals surface area contributed by atoms with Crippen LogP contribution < -0.4 is 10.6 Å². The zero-order valence-corrected chi connectivity index (χ0v) is 11.5. The molecule has 0 radical (unpaired) electrons. The minimum absolute atomic E-state index is 0.0190. The normalized spacial score (nSPS) is 11.9. The maximum absolute atomic E-state index is 12.7. The Morgan fingerprint density at radius 1 is 0.917 bits per heavy atom. The molecule has 2 N–H and O–H groups in total. The van der Waals surface area contributed by atoms with E-state index in [4.69, 9.17) is 0 Å². The lowest BCUT2D eigenvalue weighted by atomic mass is 10.1. The third-order valence-electron chi connectivity index (χ3n) is 2.67. The highest BCUT2D eigenvalue weighted by Crippen LogP contribution is 2.37. The van der Waals surface area contributed by atoms with E-state index in [9.17, 15) is 31.1 Å². The van der Waals surface area contributed by atoms with Crippen LogP contribution in [0.25, 0.3) is 0 Å². The van der Waals surface area contributed by atoms with Crippen LogP contribution in [-0.4, -0.2) is 16.0 Å². The van der Waals surface area contributed by atoms with Crippen molar-refractivity contribution in [3.63, 3.8) is 0 Å². The summed E-state index contributed by atoms with van der Waals surface area (Å²) in [6, 6.07) is 0.991. The largest absolute Gasteiger partial charge is 0.416 e. The average Bonchev–Trinajstić information content (AvgIpc) is 2.46. The van der Waals surface area contributed by atoms with Crippen molar-refractivity contribution < 1.29 is 31.1 Å². The van der Waals surface area contributed by atoms with Gasteiger partial charge in [-0.25, -0.2) is 14.8 Å². The number of nitrogens with one attached hydrogen (secondary N) is 2. The lowest BCUT2D eigenvalue weighted by Crippen LogP contribution is -2.21. The molecule has 1 heterocycles. The number of urea groups is 1. The summed E-state index contributed by atoms with van der Waals surface area (Å²) in [4.78, 5) is 18.9. The maximum Gasteiger partial charge on any atom is 0.416 e. The Balaban J connectivity index is 2.27. The van der Waals surface area contributed by atoms with Gasteiger partial charge >= 0.3 is 18.4 Å². The van der Waals surface area contributed by atoms with Gasteiger partial charge in [-0.3, -0.25) is 5.32 Å². The summed E-state index contributed by atoms with van der Waals surface area (Å²) in [6.45, 7) is 0. The molecule has 2 rings (SSSR count). The first-order valence-electron chi connectivity index (χ1n) is 6.19. The van der Waals surface area contributed by atoms with E-state index in [1.807, 2.05) is 5.32 Å². The van der Waals surface area contributed by atoms with Gasteiger partial charge in [0.15, 0.2) is 0 Å². The number of aromatic nitrogens is 2. The number of hydrogen-bond acceptors (Lipinski definition) is 3. The molecule has 0 unspecified atom stereocenters. The number of amides is 2. The summed E-state index contributed by atoms with van der Waals surface area (Å²) in [6.07, 6.45) is -7.61. The van der Waals surface area contributed by atoms with Crippen molar-refractivity contribution in [1.29, 1.82) is 0 Å². The molecule has 2 amide bonds. The Bertz CT molecular complexity index is 697. The number of alkyl halides is 6. The zero-order chi connectivity index (χ0) is 18.0. The molecule has 1 aromatic heterocycles. The minimum Gasteiger partial charge on any atom is -0.308 e. The Morgan fingerprint density at radius 2 is 1.50 bits per heavy atom. The van der Waals surface area contributed by atoms with Gasteiger partial charge in [0, 0.05) is 11.9 Å². The first kappa shape index (κ1) is 17.5. The number of anilines is 2. The van der Waals surface area contributed by atoms with E-state index in [0.29, 0.717) is 12.1 Å². The van der Waals surface area contributed by atoms with Crippen LogP contribution in [0.4, 0.5) is 42.6 Å². The first-order valence-corrected chi connectivity index (χ1v) is 6.19. The zero-order valence-electron chi connectivity index (χ0n) is 11.5. The van der Waals surface area contributed by atoms with E-state index in [1.165, 1.54) is 12.3 Å². The SMILES string of the molecule is O=C(Nc1cc(C(F)(F)F)cc(C(F)(F)F)c1)Nc1ccncn1. The van der Waals surface area contributed by atoms with Gasteiger partial charge in [0.05, 0.1) is 11.1 Å². The van der Waals surface area contributed by atoms with Crippen LogP contribution in [0.1, 0.15) is 11.1 Å². The molecule has 0 bridgehead atoms. The van der Waals surface area contributed by atoms with E-state index < -0.39 is 35.2 Å². The Kier molecular flexibility index (Phi) is 4.62. The summed E-state index contributed by atoms with van der Waals surface area (Å²) in [5.41, 5.74) is -3.73. The van der Waals surface area contributed by atoms with Crippen molar-refractivity contribution in [3.05, 3.63) is 47.9 Å². The number of halogens is 6. The molecular weight excluding hydrogens is 342 g/mol. The number of rotatable bonds is 2. The predicted octanol–water partition coefficient (Wildman–Crippen LogP) is 4.16. The van der Waals surface area contributed by atoms with Crippen LogP contribution in [0.15, 0.2) is 36.8 Å². The number of carbonyl (C=O) groups excluding carboxylic acids is 1. The van der Waals surface area contributed by atoms with E-state index in [1.54, 1.807) is 0 Å². The van der Waals surface area contributed by atoms with Gasteiger partial charge in [0.2, 0.25) is 0 Å². The molecule has 0 aliphatic rings. The van der Waals surface area contributed by atoms with E-state index in [-0.39, 0.29) is 11.9 Å². The molecule has 0 atom stereocenters.